The summed E-state index contributed by atoms with van der Waals surface area (Å²) in [6.45, 7) is 0.414. The van der Waals surface area contributed by atoms with E-state index >= 15 is 0 Å². The number of non-ortho nitro benzene ring substituents is 1. The second kappa shape index (κ2) is 4.78. The maximum absolute atomic E-state index is 10.6. The lowest BCUT2D eigenvalue weighted by atomic mass is 10.2. The normalized spacial score (nSPS) is 24.6. The van der Waals surface area contributed by atoms with Gasteiger partial charge in [0.05, 0.1) is 23.5 Å². The molecular formula is C10H10ClNO4. The first-order valence-corrected chi connectivity index (χ1v) is 5.31. The van der Waals surface area contributed by atoms with Gasteiger partial charge in [-0.25, -0.2) is 0 Å². The predicted molar refractivity (Wildman–Crippen MR) is 57.4 cm³/mol. The van der Waals surface area contributed by atoms with E-state index in [1.54, 1.807) is 12.1 Å². The van der Waals surface area contributed by atoms with E-state index in [0.29, 0.717) is 18.1 Å². The van der Waals surface area contributed by atoms with Crippen LogP contribution in [0.2, 0.25) is 0 Å². The number of alkyl halides is 1. The zero-order valence-corrected chi connectivity index (χ0v) is 9.09. The molecule has 1 saturated heterocycles. The Morgan fingerprint density at radius 3 is 3.00 bits per heavy atom. The molecule has 0 N–H and O–H groups in total. The van der Waals surface area contributed by atoms with Crippen LogP contribution < -0.4 is 0 Å². The van der Waals surface area contributed by atoms with Crippen LogP contribution in [-0.2, 0) is 9.47 Å². The Balaban J connectivity index is 2.15. The number of nitro groups is 1. The van der Waals surface area contributed by atoms with Gasteiger partial charge in [-0.15, -0.1) is 11.6 Å². The van der Waals surface area contributed by atoms with Crippen molar-refractivity contribution in [2.75, 3.05) is 12.5 Å². The molecule has 2 atom stereocenters. The van der Waals surface area contributed by atoms with Crippen molar-refractivity contribution in [1.29, 1.82) is 0 Å². The molecule has 0 aromatic heterocycles. The van der Waals surface area contributed by atoms with Crippen molar-refractivity contribution in [2.24, 2.45) is 0 Å². The Hall–Kier alpha value is -1.17. The minimum atomic E-state index is -0.552. The highest BCUT2D eigenvalue weighted by atomic mass is 35.5. The fraction of sp³-hybridized carbons (Fsp3) is 0.400. The Kier molecular flexibility index (Phi) is 3.38. The molecule has 0 unspecified atom stereocenters. The first kappa shape index (κ1) is 11.3. The average molecular weight is 244 g/mol. The third kappa shape index (κ3) is 2.32. The zero-order chi connectivity index (χ0) is 11.5. The van der Waals surface area contributed by atoms with Crippen molar-refractivity contribution in [2.45, 2.75) is 12.4 Å². The fourth-order valence-electron chi connectivity index (χ4n) is 1.49. The summed E-state index contributed by atoms with van der Waals surface area (Å²) in [6, 6.07) is 6.21. The van der Waals surface area contributed by atoms with Crippen molar-refractivity contribution in [1.82, 2.24) is 0 Å². The third-order valence-corrected chi connectivity index (χ3v) is 2.62. The lowest BCUT2D eigenvalue weighted by Crippen LogP contribution is -2.10. The molecule has 1 fully saturated rings. The molecule has 2 rings (SSSR count). The smallest absolute Gasteiger partial charge is 0.269 e. The highest BCUT2D eigenvalue weighted by Crippen LogP contribution is 2.29. The topological polar surface area (TPSA) is 61.6 Å². The molecule has 0 spiro atoms. The molecule has 0 amide bonds. The highest BCUT2D eigenvalue weighted by Gasteiger charge is 2.27. The molecule has 86 valence electrons. The second-order valence-electron chi connectivity index (χ2n) is 3.43. The number of nitrogens with zero attached hydrogens (tertiary/aromatic N) is 1. The Morgan fingerprint density at radius 2 is 2.38 bits per heavy atom. The maximum Gasteiger partial charge on any atom is 0.269 e. The summed E-state index contributed by atoms with van der Waals surface area (Å²) < 4.78 is 10.8. The van der Waals surface area contributed by atoms with E-state index in [1.807, 2.05) is 0 Å². The van der Waals surface area contributed by atoms with Gasteiger partial charge in [0.15, 0.2) is 6.29 Å². The van der Waals surface area contributed by atoms with E-state index in [4.69, 9.17) is 21.1 Å². The standard InChI is InChI=1S/C10H10ClNO4/c11-5-9-6-15-10(16-9)7-2-1-3-8(4-7)12(13)14/h1-4,9-10H,5-6H2/t9-,10-/m1/s1. The van der Waals surface area contributed by atoms with Crippen LogP contribution in [0, 0.1) is 10.1 Å². The van der Waals surface area contributed by atoms with Crippen LogP contribution in [0.4, 0.5) is 5.69 Å². The number of nitro benzene ring substituents is 1. The molecule has 1 heterocycles. The molecule has 1 aromatic rings. The summed E-state index contributed by atoms with van der Waals surface area (Å²) in [5.41, 5.74) is 0.667. The molecule has 16 heavy (non-hydrogen) atoms. The van der Waals surface area contributed by atoms with Gasteiger partial charge in [0.1, 0.15) is 0 Å². The summed E-state index contributed by atoms with van der Waals surface area (Å²) in [6.07, 6.45) is -0.699. The molecule has 1 aromatic carbocycles. The first-order valence-electron chi connectivity index (χ1n) is 4.78. The van der Waals surface area contributed by atoms with Crippen LogP contribution in [0.3, 0.4) is 0 Å². The quantitative estimate of drug-likeness (QED) is 0.464. The number of hydrogen-bond acceptors (Lipinski definition) is 4. The van der Waals surface area contributed by atoms with Crippen LogP contribution in [0.15, 0.2) is 24.3 Å². The van der Waals surface area contributed by atoms with Gasteiger partial charge in [-0.1, -0.05) is 12.1 Å². The zero-order valence-electron chi connectivity index (χ0n) is 8.34. The van der Waals surface area contributed by atoms with Crippen molar-refractivity contribution >= 4 is 17.3 Å². The number of benzene rings is 1. The predicted octanol–water partition coefficient (Wildman–Crippen LogP) is 2.25. The van der Waals surface area contributed by atoms with Gasteiger partial charge in [-0.2, -0.15) is 0 Å². The van der Waals surface area contributed by atoms with E-state index in [9.17, 15) is 10.1 Å². The fourth-order valence-corrected chi connectivity index (χ4v) is 1.65. The Morgan fingerprint density at radius 1 is 1.56 bits per heavy atom. The minimum Gasteiger partial charge on any atom is -0.346 e. The lowest BCUT2D eigenvalue weighted by molar-refractivity contribution is -0.385. The largest absolute Gasteiger partial charge is 0.346 e. The molecule has 0 aliphatic carbocycles. The lowest BCUT2D eigenvalue weighted by Gasteiger charge is -2.09. The molecule has 0 radical (unpaired) electrons. The SMILES string of the molecule is O=[N+]([O-])c1cccc([C@@H]2OC[C@@H](CCl)O2)c1. The molecule has 5 nitrogen and oxygen atoms in total. The summed E-state index contributed by atoms with van der Waals surface area (Å²) in [4.78, 5) is 10.1. The summed E-state index contributed by atoms with van der Waals surface area (Å²) in [5, 5.41) is 10.6. The van der Waals surface area contributed by atoms with Crippen LogP contribution in [-0.4, -0.2) is 23.5 Å². The molecular weight excluding hydrogens is 234 g/mol. The minimum absolute atomic E-state index is 0.0269. The van der Waals surface area contributed by atoms with Gasteiger partial charge < -0.3 is 9.47 Å². The Bertz CT molecular complexity index is 398. The molecule has 6 heteroatoms. The summed E-state index contributed by atoms with van der Waals surface area (Å²) in [5.74, 6) is 0.353. The monoisotopic (exact) mass is 243 g/mol. The van der Waals surface area contributed by atoms with Crippen LogP contribution in [0.25, 0.3) is 0 Å². The Labute approximate surface area is 97.1 Å². The van der Waals surface area contributed by atoms with Gasteiger partial charge in [0, 0.05) is 17.7 Å². The highest BCUT2D eigenvalue weighted by molar-refractivity contribution is 6.18. The number of ether oxygens (including phenoxy) is 2. The summed E-state index contributed by atoms with van der Waals surface area (Å²) >= 11 is 5.63. The summed E-state index contributed by atoms with van der Waals surface area (Å²) in [7, 11) is 0. The maximum atomic E-state index is 10.6. The molecule has 1 aliphatic rings. The van der Waals surface area contributed by atoms with Gasteiger partial charge >= 0.3 is 0 Å². The van der Waals surface area contributed by atoms with E-state index in [1.165, 1.54) is 12.1 Å². The molecule has 0 bridgehead atoms. The van der Waals surface area contributed by atoms with Crippen LogP contribution in [0.5, 0.6) is 0 Å². The van der Waals surface area contributed by atoms with Gasteiger partial charge in [0.2, 0.25) is 0 Å². The van der Waals surface area contributed by atoms with Crippen LogP contribution >= 0.6 is 11.6 Å². The first-order chi connectivity index (χ1) is 7.70. The van der Waals surface area contributed by atoms with Crippen molar-refractivity contribution in [3.8, 4) is 0 Å². The van der Waals surface area contributed by atoms with E-state index in [0.717, 1.165) is 0 Å². The molecule has 1 aliphatic heterocycles. The number of rotatable bonds is 3. The average Bonchev–Trinajstić information content (AvgIpc) is 2.77. The second-order valence-corrected chi connectivity index (χ2v) is 3.74. The van der Waals surface area contributed by atoms with E-state index in [2.05, 4.69) is 0 Å². The van der Waals surface area contributed by atoms with Gasteiger partial charge in [0.25, 0.3) is 5.69 Å². The van der Waals surface area contributed by atoms with E-state index in [-0.39, 0.29) is 11.8 Å². The van der Waals surface area contributed by atoms with E-state index < -0.39 is 11.2 Å². The van der Waals surface area contributed by atoms with Gasteiger partial charge in [-0.05, 0) is 0 Å². The van der Waals surface area contributed by atoms with Crippen molar-refractivity contribution in [3.05, 3.63) is 39.9 Å². The van der Waals surface area contributed by atoms with Crippen molar-refractivity contribution in [3.63, 3.8) is 0 Å². The number of halogens is 1. The third-order valence-electron chi connectivity index (χ3n) is 2.27. The molecule has 0 saturated carbocycles. The van der Waals surface area contributed by atoms with Gasteiger partial charge in [-0.3, -0.25) is 10.1 Å². The van der Waals surface area contributed by atoms with Crippen molar-refractivity contribution < 1.29 is 14.4 Å². The number of hydrogen-bond donors (Lipinski definition) is 0. The van der Waals surface area contributed by atoms with Crippen LogP contribution in [0.1, 0.15) is 11.9 Å².